The normalized spacial score (nSPS) is 12.4. The van der Waals surface area contributed by atoms with Gasteiger partial charge in [-0.05, 0) is 68.0 Å². The average molecular weight is 412 g/mol. The van der Waals surface area contributed by atoms with E-state index in [0.29, 0.717) is 23.4 Å². The molecule has 0 spiro atoms. The topological polar surface area (TPSA) is 102 Å². The van der Waals surface area contributed by atoms with Crippen LogP contribution in [0.25, 0.3) is 22.8 Å². The molecule has 0 radical (unpaired) electrons. The lowest BCUT2D eigenvalue weighted by Crippen LogP contribution is -2.21. The largest absolute Gasteiger partial charge is 0.490 e. The second-order valence-corrected chi connectivity index (χ2v) is 8.08. The number of benzene rings is 1. The molecule has 2 N–H and O–H groups in total. The molecule has 7 heteroatoms. The van der Waals surface area contributed by atoms with Gasteiger partial charge >= 0.3 is 0 Å². The zero-order chi connectivity index (χ0) is 21.8. The second kappa shape index (κ2) is 9.36. The lowest BCUT2D eigenvalue weighted by atomic mass is 10.0. The molecule has 0 aliphatic heterocycles. The van der Waals surface area contributed by atoms with E-state index >= 15 is 0 Å². The standard InChI is InChI=1S/C23H29N3O4/c1-13(2)6-17-9-19(10-24-16(17)5)23-25-22(26-30-23)18-7-14(3)21(15(4)8-18)29-12-20(28)11-27/h7-10,13,20,27-28H,6,11-12H2,1-5H3/t20-/m0/s1. The van der Waals surface area contributed by atoms with Crippen molar-refractivity contribution in [1.82, 2.24) is 15.1 Å². The Kier molecular flexibility index (Phi) is 6.84. The Morgan fingerprint density at radius 1 is 1.07 bits per heavy atom. The van der Waals surface area contributed by atoms with Crippen LogP contribution < -0.4 is 4.74 Å². The van der Waals surface area contributed by atoms with Crippen molar-refractivity contribution in [3.63, 3.8) is 0 Å². The molecule has 0 aliphatic carbocycles. The summed E-state index contributed by atoms with van der Waals surface area (Å²) in [4.78, 5) is 9.06. The van der Waals surface area contributed by atoms with Crippen molar-refractivity contribution in [3.8, 4) is 28.6 Å². The van der Waals surface area contributed by atoms with E-state index in [2.05, 4.69) is 35.0 Å². The van der Waals surface area contributed by atoms with Gasteiger partial charge in [0.1, 0.15) is 18.5 Å². The molecule has 2 heterocycles. The van der Waals surface area contributed by atoms with E-state index in [0.717, 1.165) is 34.4 Å². The zero-order valence-corrected chi connectivity index (χ0v) is 18.1. The molecule has 0 amide bonds. The van der Waals surface area contributed by atoms with Crippen LogP contribution in [-0.4, -0.2) is 44.7 Å². The fourth-order valence-electron chi connectivity index (χ4n) is 3.34. The highest BCUT2D eigenvalue weighted by Gasteiger charge is 2.16. The molecular formula is C23H29N3O4. The van der Waals surface area contributed by atoms with Crippen molar-refractivity contribution >= 4 is 0 Å². The third-order valence-electron chi connectivity index (χ3n) is 4.84. The Labute approximate surface area is 176 Å². The van der Waals surface area contributed by atoms with Crippen molar-refractivity contribution in [3.05, 3.63) is 46.8 Å². The molecular weight excluding hydrogens is 382 g/mol. The summed E-state index contributed by atoms with van der Waals surface area (Å²) in [6.45, 7) is 9.90. The smallest absolute Gasteiger partial charge is 0.259 e. The summed E-state index contributed by atoms with van der Waals surface area (Å²) in [7, 11) is 0. The van der Waals surface area contributed by atoms with Crippen LogP contribution >= 0.6 is 0 Å². The first kappa shape index (κ1) is 21.9. The third kappa shape index (κ3) is 5.04. The summed E-state index contributed by atoms with van der Waals surface area (Å²) < 4.78 is 11.2. The van der Waals surface area contributed by atoms with Gasteiger partial charge in [-0.15, -0.1) is 0 Å². The van der Waals surface area contributed by atoms with E-state index in [1.165, 1.54) is 5.56 Å². The van der Waals surface area contributed by atoms with E-state index in [1.54, 1.807) is 6.20 Å². The first-order valence-corrected chi connectivity index (χ1v) is 10.1. The highest BCUT2D eigenvalue weighted by molar-refractivity contribution is 5.63. The summed E-state index contributed by atoms with van der Waals surface area (Å²) in [5.41, 5.74) is 5.59. The van der Waals surface area contributed by atoms with Gasteiger partial charge in [-0.1, -0.05) is 19.0 Å². The Morgan fingerprint density at radius 3 is 2.40 bits per heavy atom. The maximum Gasteiger partial charge on any atom is 0.259 e. The third-order valence-corrected chi connectivity index (χ3v) is 4.84. The fraction of sp³-hybridized carbons (Fsp3) is 0.435. The van der Waals surface area contributed by atoms with Crippen molar-refractivity contribution in [2.45, 2.75) is 47.1 Å². The number of hydrogen-bond acceptors (Lipinski definition) is 7. The van der Waals surface area contributed by atoms with Crippen LogP contribution in [0.5, 0.6) is 5.75 Å². The monoisotopic (exact) mass is 411 g/mol. The van der Waals surface area contributed by atoms with Crippen molar-refractivity contribution in [2.24, 2.45) is 5.92 Å². The molecule has 0 saturated carbocycles. The number of aryl methyl sites for hydroxylation is 3. The van der Waals surface area contributed by atoms with Crippen molar-refractivity contribution in [2.75, 3.05) is 13.2 Å². The quantitative estimate of drug-likeness (QED) is 0.583. The molecule has 3 aromatic rings. The van der Waals surface area contributed by atoms with Crippen LogP contribution in [0.15, 0.2) is 28.9 Å². The number of aliphatic hydroxyl groups is 2. The molecule has 0 unspecified atom stereocenters. The van der Waals surface area contributed by atoms with Gasteiger partial charge in [0.15, 0.2) is 0 Å². The Hall–Kier alpha value is -2.77. The van der Waals surface area contributed by atoms with Gasteiger partial charge in [0, 0.05) is 17.5 Å². The van der Waals surface area contributed by atoms with Crippen LogP contribution in [-0.2, 0) is 6.42 Å². The number of rotatable bonds is 8. The number of nitrogens with zero attached hydrogens (tertiary/aromatic N) is 3. The molecule has 2 aromatic heterocycles. The van der Waals surface area contributed by atoms with E-state index in [-0.39, 0.29) is 13.2 Å². The second-order valence-electron chi connectivity index (χ2n) is 8.08. The minimum atomic E-state index is -0.910. The number of hydrogen-bond donors (Lipinski definition) is 2. The summed E-state index contributed by atoms with van der Waals surface area (Å²) in [6, 6.07) is 5.90. The molecule has 1 atom stereocenters. The Bertz CT molecular complexity index is 990. The molecule has 0 bridgehead atoms. The molecule has 3 rings (SSSR count). The fourth-order valence-corrected chi connectivity index (χ4v) is 3.34. The molecule has 0 fully saturated rings. The molecule has 0 saturated heterocycles. The van der Waals surface area contributed by atoms with Crippen LogP contribution in [0.3, 0.4) is 0 Å². The lowest BCUT2D eigenvalue weighted by molar-refractivity contribution is 0.0532. The van der Waals surface area contributed by atoms with Crippen molar-refractivity contribution < 1.29 is 19.5 Å². The number of aliphatic hydroxyl groups excluding tert-OH is 2. The SMILES string of the molecule is Cc1cc(-c2noc(-c3cnc(C)c(CC(C)C)c3)n2)cc(C)c1OC[C@@H](O)CO. The maximum atomic E-state index is 9.52. The number of aromatic nitrogens is 3. The van der Waals surface area contributed by atoms with Crippen LogP contribution in [0, 0.1) is 26.7 Å². The number of ether oxygens (including phenoxy) is 1. The average Bonchev–Trinajstić information content (AvgIpc) is 3.18. The van der Waals surface area contributed by atoms with Crippen molar-refractivity contribution in [1.29, 1.82) is 0 Å². The summed E-state index contributed by atoms with van der Waals surface area (Å²) in [6.07, 6.45) is 1.79. The summed E-state index contributed by atoms with van der Waals surface area (Å²) >= 11 is 0. The summed E-state index contributed by atoms with van der Waals surface area (Å²) in [5.74, 6) is 2.13. The van der Waals surface area contributed by atoms with E-state index in [1.807, 2.05) is 32.9 Å². The minimum absolute atomic E-state index is 0.0308. The van der Waals surface area contributed by atoms with E-state index in [9.17, 15) is 5.11 Å². The first-order chi connectivity index (χ1) is 14.3. The van der Waals surface area contributed by atoms with E-state index in [4.69, 9.17) is 14.4 Å². The van der Waals surface area contributed by atoms with Crippen LogP contribution in [0.4, 0.5) is 0 Å². The van der Waals surface area contributed by atoms with Gasteiger partial charge in [-0.2, -0.15) is 4.98 Å². The molecule has 7 nitrogen and oxygen atoms in total. The lowest BCUT2D eigenvalue weighted by Gasteiger charge is -2.15. The minimum Gasteiger partial charge on any atom is -0.490 e. The highest BCUT2D eigenvalue weighted by atomic mass is 16.5. The van der Waals surface area contributed by atoms with Gasteiger partial charge in [-0.25, -0.2) is 0 Å². The maximum absolute atomic E-state index is 9.52. The Balaban J connectivity index is 1.86. The van der Waals surface area contributed by atoms with Crippen LogP contribution in [0.2, 0.25) is 0 Å². The molecule has 160 valence electrons. The predicted molar refractivity (Wildman–Crippen MR) is 114 cm³/mol. The first-order valence-electron chi connectivity index (χ1n) is 10.1. The summed E-state index contributed by atoms with van der Waals surface area (Å²) in [5, 5.41) is 22.6. The molecule has 1 aromatic carbocycles. The molecule has 0 aliphatic rings. The van der Waals surface area contributed by atoms with Gasteiger partial charge in [0.2, 0.25) is 5.82 Å². The zero-order valence-electron chi connectivity index (χ0n) is 18.1. The van der Waals surface area contributed by atoms with Gasteiger partial charge < -0.3 is 19.5 Å². The van der Waals surface area contributed by atoms with E-state index < -0.39 is 6.10 Å². The highest BCUT2D eigenvalue weighted by Crippen LogP contribution is 2.30. The van der Waals surface area contributed by atoms with Gasteiger partial charge in [-0.3, -0.25) is 4.98 Å². The van der Waals surface area contributed by atoms with Gasteiger partial charge in [0.25, 0.3) is 5.89 Å². The van der Waals surface area contributed by atoms with Gasteiger partial charge in [0.05, 0.1) is 12.2 Å². The number of pyridine rings is 1. The molecule has 30 heavy (non-hydrogen) atoms. The van der Waals surface area contributed by atoms with Crippen LogP contribution in [0.1, 0.15) is 36.2 Å². The Morgan fingerprint density at radius 2 is 1.77 bits per heavy atom. The predicted octanol–water partition coefficient (Wildman–Crippen LogP) is 3.65.